The first-order valence-corrected chi connectivity index (χ1v) is 47.2. The van der Waals surface area contributed by atoms with Gasteiger partial charge in [-0.05, 0) is 41.5 Å². The number of nitrogen functional groups attached to an aromatic ring is 4. The Morgan fingerprint density at radius 3 is 1.31 bits per heavy atom. The fraction of sp³-hybridized carbons (Fsp3) is 0.615. The highest BCUT2D eigenvalue weighted by Gasteiger charge is 2.56. The summed E-state index contributed by atoms with van der Waals surface area (Å²) in [6.07, 6.45) is -23.4. The lowest BCUT2D eigenvalue weighted by atomic mass is 10.1. The molecule has 58 nitrogen and oxygen atoms in total. The van der Waals surface area contributed by atoms with Gasteiger partial charge in [-0.1, -0.05) is 0 Å². The van der Waals surface area contributed by atoms with Gasteiger partial charge in [0.2, 0.25) is 11.9 Å². The van der Waals surface area contributed by atoms with E-state index in [1.54, 1.807) is 9.80 Å². The van der Waals surface area contributed by atoms with Gasteiger partial charge >= 0.3 is 54.8 Å². The van der Waals surface area contributed by atoms with Crippen LogP contribution in [0.2, 0.25) is 0 Å². The highest BCUT2D eigenvalue weighted by molar-refractivity contribution is 7.67. The summed E-state index contributed by atoms with van der Waals surface area (Å²) in [6.45, 7) is 16.8. The van der Waals surface area contributed by atoms with Gasteiger partial charge in [-0.25, -0.2) is 89.4 Å². The van der Waals surface area contributed by atoms with Crippen LogP contribution in [-0.4, -0.2) is 272 Å². The van der Waals surface area contributed by atoms with E-state index in [0.29, 0.717) is 0 Å². The van der Waals surface area contributed by atoms with Crippen LogP contribution in [0.4, 0.5) is 41.1 Å². The second kappa shape index (κ2) is 40.2. The quantitative estimate of drug-likeness (QED) is 0.0210. The lowest BCUT2D eigenvalue weighted by Crippen LogP contribution is -3.11. The van der Waals surface area contributed by atoms with Crippen molar-refractivity contribution in [2.45, 2.75) is 140 Å². The van der Waals surface area contributed by atoms with Crippen LogP contribution in [-0.2, 0) is 99.9 Å². The number of aliphatic hydroxyl groups is 2. The standard InChI is InChI=1S/C20H22F2N10O11P2.C10H15FN5O13P3.C10H15FN5O12P3.2C6H15N/c21-8-6-1-38-44(34,35)42-12-7(41-18(9(12)22)31-4-27-10-14(23)25-3-26-15(10)31)2-39-45(36,37)43-13(8)19(40-6)32-5-28-11-16(32)29-20(24)30-17(11)33;11-4-3(1-26-31(22,23)29-32(24,25)28-30(19,20)21)27-9(6(4)17)16-2-13-5-7(16)14-10(12)15-8(5)18;11-5-7(17)4(1-25-30(21,22)28-31(23,24)27-29(18,19)20)26-10(5)16-3-15-6-8(12)13-2-14-9(6)16;2*1-4-7(5-2)6-3/h3-9,12-13,18-19H,1-2H2,(H,34,35)(H,36,37)(H2,23,25,26)(H3,24,29,30,33);2-4,6,9,17H,1H2,(H,22,23)(H,24,25)(H2,19,20,21)(H3,12,14,15,18);2-5,7,10,17H,1H2,(H,21,22)(H,23,24)(H2,12,13,14)(H2,18,19,20);2*4-6H2,1-3H3/p+1/t6-,7-,8-,9-,12-,13-,18-,19-;3-,4-,6-,9-;4-,5-,7-,10-;;/m111../s1. The molecule has 5 aliphatic heterocycles. The molecule has 5 saturated heterocycles. The van der Waals surface area contributed by atoms with Crippen molar-refractivity contribution in [1.29, 1.82) is 0 Å². The lowest BCUT2D eigenvalue weighted by Gasteiger charge is -2.30. The smallest absolute Gasteiger partial charge is 0.490 e. The number of nitrogens with one attached hydrogen (secondary N) is 4. The van der Waals surface area contributed by atoms with Gasteiger partial charge in [0.1, 0.15) is 72.5 Å². The van der Waals surface area contributed by atoms with E-state index >= 15 is 8.78 Å². The molecule has 2 bridgehead atoms. The summed E-state index contributed by atoms with van der Waals surface area (Å²) in [7, 11) is -44.3. The topological polar surface area (TPSA) is 839 Å². The Morgan fingerprint density at radius 2 is 0.877 bits per heavy atom. The third-order valence-electron chi connectivity index (χ3n) is 17.8. The third-order valence-corrected chi connectivity index (χ3v) is 27.4. The van der Waals surface area contributed by atoms with E-state index in [1.807, 2.05) is 0 Å². The molecule has 0 saturated carbocycles. The number of quaternary nitrogens is 2. The molecule has 122 heavy (non-hydrogen) atoms. The second-order valence-corrected chi connectivity index (χ2v) is 37.4. The van der Waals surface area contributed by atoms with Crippen LogP contribution in [0.15, 0.2) is 47.6 Å². The van der Waals surface area contributed by atoms with E-state index in [9.17, 15) is 84.7 Å². The summed E-state index contributed by atoms with van der Waals surface area (Å²) < 4.78 is 222. The van der Waals surface area contributed by atoms with Gasteiger partial charge in [0.05, 0.1) is 91.0 Å². The van der Waals surface area contributed by atoms with Crippen LogP contribution in [0.1, 0.15) is 66.5 Å². The number of aliphatic hydroxyl groups excluding tert-OH is 2. The number of phosphoric ester groups is 4. The van der Waals surface area contributed by atoms with Crippen molar-refractivity contribution in [2.24, 2.45) is 0 Å². The molecule has 0 amide bonds. The largest absolute Gasteiger partial charge is 0.756 e. The maximum absolute atomic E-state index is 15.8. The average Bonchev–Trinajstić information content (AvgIpc) is 1.62. The number of fused-ring (bicyclic) bond motifs is 7. The van der Waals surface area contributed by atoms with Crippen LogP contribution >= 0.6 is 62.6 Å². The number of rotatable bonds is 24. The number of H-pyrrole nitrogens is 2. The summed E-state index contributed by atoms with van der Waals surface area (Å²) in [5.74, 6) is -0.667. The Morgan fingerprint density at radius 1 is 0.484 bits per heavy atom. The monoisotopic (exact) mass is 1920 g/mol. The molecular formula is C52H83F4N22O36P8+. The SMILES string of the molecule is CC[NH+](CC)CC.CC[NH+](CC)CC.Nc1nc2c(ncn2[C@@H]2O[C@@H]3COP(=O)([O-])O[C@H]4[C@@H](F)[C@H](n5cnc6c(N)ncnc65)O[C@@H]4COP(=O)(O)O[C@@H]2[C@@H]3F)c(=O)[nH]1.Nc1nc2c(ncn2[C@@H]2O[C@H](COP(=O)(O)OP(=O)(O)OP(=O)(O)O)[C@@H](F)[C@H]2O)c(=O)[nH]1.Nc1ncnc2c1ncn2[C@@H]1O[C@H](COP(=O)(O)OP(=O)(O)OP(=O)(O)O)[C@@H](O)[C@H]1F. The molecule has 8 aromatic heterocycles. The van der Waals surface area contributed by atoms with E-state index in [-0.39, 0.29) is 68.2 Å². The highest BCUT2D eigenvalue weighted by Crippen LogP contribution is 2.68. The second-order valence-electron chi connectivity index (χ2n) is 25.8. The molecule has 13 heterocycles. The molecule has 8 aromatic rings. The Kier molecular flexibility index (Phi) is 32.7. The highest BCUT2D eigenvalue weighted by atomic mass is 31.3. The van der Waals surface area contributed by atoms with Crippen LogP contribution in [0, 0.1) is 0 Å². The summed E-state index contributed by atoms with van der Waals surface area (Å²) in [5.41, 5.74) is 20.5. The van der Waals surface area contributed by atoms with Crippen molar-refractivity contribution < 1.29 is 186 Å². The van der Waals surface area contributed by atoms with Gasteiger partial charge in [-0.15, -0.1) is 0 Å². The number of anilines is 4. The number of phosphoric acid groups is 8. The normalized spacial score (nSPS) is 29.6. The molecule has 5 aliphatic rings. The maximum atomic E-state index is 15.8. The first kappa shape index (κ1) is 99.2. The van der Waals surface area contributed by atoms with Crippen LogP contribution < -0.4 is 48.7 Å². The lowest BCUT2D eigenvalue weighted by molar-refractivity contribution is -0.894. The van der Waals surface area contributed by atoms with Crippen molar-refractivity contribution >= 4 is 131 Å². The first-order chi connectivity index (χ1) is 56.8. The summed E-state index contributed by atoms with van der Waals surface area (Å²) in [5, 5.41) is 20.2. The van der Waals surface area contributed by atoms with E-state index in [4.69, 9.17) is 89.3 Å². The molecule has 13 rings (SSSR count). The van der Waals surface area contributed by atoms with Gasteiger partial charge in [-0.2, -0.15) is 27.2 Å². The molecule has 0 aromatic carbocycles. The van der Waals surface area contributed by atoms with Crippen LogP contribution in [0.5, 0.6) is 0 Å². The van der Waals surface area contributed by atoms with Crippen LogP contribution in [0.25, 0.3) is 44.7 Å². The molecule has 684 valence electrons. The van der Waals surface area contributed by atoms with Gasteiger partial charge in [0.15, 0.2) is 94.9 Å². The average molecular weight is 1920 g/mol. The van der Waals surface area contributed by atoms with Crippen molar-refractivity contribution in [1.82, 2.24) is 78.1 Å². The predicted octanol–water partition coefficient (Wildman–Crippen LogP) is -3.17. The third kappa shape index (κ3) is 25.0. The molecule has 23 N–H and O–H groups in total. The zero-order chi connectivity index (χ0) is 90.5. The molecule has 6 unspecified atom stereocenters. The summed E-state index contributed by atoms with van der Waals surface area (Å²) >= 11 is 0. The van der Waals surface area contributed by atoms with E-state index in [2.05, 4.69) is 128 Å². The number of hydrogen-bond donors (Lipinski definition) is 19. The molecule has 0 spiro atoms. The summed E-state index contributed by atoms with van der Waals surface area (Å²) in [4.78, 5) is 165. The van der Waals surface area contributed by atoms with Crippen molar-refractivity contribution in [3.8, 4) is 0 Å². The van der Waals surface area contributed by atoms with Crippen LogP contribution in [0.3, 0.4) is 0 Å². The minimum absolute atomic E-state index is 0.00177. The van der Waals surface area contributed by atoms with Crippen molar-refractivity contribution in [2.75, 3.05) is 88.6 Å². The number of aromatic nitrogens is 16. The van der Waals surface area contributed by atoms with Gasteiger partial charge < -0.3 is 120 Å². The number of halogens is 4. The van der Waals surface area contributed by atoms with E-state index in [0.717, 1.165) is 56.2 Å². The molecule has 22 atom stereocenters. The molecule has 0 aliphatic carbocycles. The Labute approximate surface area is 680 Å². The van der Waals surface area contributed by atoms with Gasteiger partial charge in [-0.3, -0.25) is 60.5 Å². The molecule has 0 radical (unpaired) electrons. The van der Waals surface area contributed by atoms with Crippen molar-refractivity contribution in [3.05, 3.63) is 58.7 Å². The Bertz CT molecular complexity index is 5480. The number of alkyl halides is 4. The Hall–Kier alpha value is -6.56. The number of aromatic amines is 2. The van der Waals surface area contributed by atoms with E-state index in [1.165, 1.54) is 39.3 Å². The van der Waals surface area contributed by atoms with E-state index < -0.39 is 199 Å². The number of ether oxygens (including phenoxy) is 4. The molecular weight excluding hydrogens is 1830 g/mol. The maximum Gasteiger partial charge on any atom is 0.490 e. The zero-order valence-electron chi connectivity index (χ0n) is 63.6. The minimum Gasteiger partial charge on any atom is -0.756 e. The van der Waals surface area contributed by atoms with Gasteiger partial charge in [0, 0.05) is 0 Å². The Balaban J connectivity index is 0.000000196. The fourth-order valence-electron chi connectivity index (χ4n) is 12.0. The fourth-order valence-corrected chi connectivity index (χ4v) is 19.9. The summed E-state index contributed by atoms with van der Waals surface area (Å²) in [6, 6.07) is 0. The number of hydrogen-bond acceptors (Lipinski definition) is 41. The molecule has 70 heteroatoms. The number of nitrogens with two attached hydrogens (primary N) is 4. The first-order valence-electron chi connectivity index (χ1n) is 35.2. The zero-order valence-corrected chi connectivity index (χ0v) is 70.7. The van der Waals surface area contributed by atoms with Crippen molar-refractivity contribution in [3.63, 3.8) is 0 Å². The number of imidazole rings is 4. The minimum atomic E-state index is -5.76. The predicted molar refractivity (Wildman–Crippen MR) is 396 cm³/mol. The van der Waals surface area contributed by atoms with Gasteiger partial charge in [0.25, 0.3) is 18.9 Å². The molecule has 5 fully saturated rings. The number of nitrogens with zero attached hydrogens (tertiary/aromatic N) is 14.